The Balaban J connectivity index is 0.000000222. The van der Waals surface area contributed by atoms with Crippen molar-refractivity contribution in [2.75, 3.05) is 18.8 Å². The van der Waals surface area contributed by atoms with Gasteiger partial charge in [-0.1, -0.05) is 30.3 Å². The first kappa shape index (κ1) is 23.1. The summed E-state index contributed by atoms with van der Waals surface area (Å²) in [6.07, 6.45) is 5.51. The molecule has 1 aliphatic heterocycles. The van der Waals surface area contributed by atoms with Gasteiger partial charge < -0.3 is 21.3 Å². The lowest BCUT2D eigenvalue weighted by Crippen LogP contribution is -2.27. The summed E-state index contributed by atoms with van der Waals surface area (Å²) >= 11 is 0. The van der Waals surface area contributed by atoms with Gasteiger partial charge in [0.2, 0.25) is 0 Å². The average Bonchev–Trinajstić information content (AvgIpc) is 2.75. The molecular weight excluding hydrogens is 384 g/mol. The Morgan fingerprint density at radius 1 is 0.933 bits per heavy atom. The van der Waals surface area contributed by atoms with Crippen LogP contribution in [0.2, 0.25) is 0 Å². The van der Waals surface area contributed by atoms with Crippen LogP contribution in [0.5, 0.6) is 0 Å². The Morgan fingerprint density at radius 3 is 2.20 bits per heavy atom. The van der Waals surface area contributed by atoms with Crippen molar-refractivity contribution in [2.24, 2.45) is 5.92 Å². The number of hydrogen-bond donors (Lipinski definition) is 4. The van der Waals surface area contributed by atoms with Crippen LogP contribution < -0.4 is 11.1 Å². The van der Waals surface area contributed by atoms with E-state index >= 15 is 0 Å². The largest absolute Gasteiger partial charge is 0.478 e. The third kappa shape index (κ3) is 7.33. The average molecular weight is 412 g/mol. The number of benzene rings is 2. The number of rotatable bonds is 7. The Morgan fingerprint density at radius 2 is 1.60 bits per heavy atom. The molecule has 5 N–H and O–H groups in total. The molecule has 0 aliphatic carbocycles. The van der Waals surface area contributed by atoms with Crippen molar-refractivity contribution in [3.8, 4) is 0 Å². The van der Waals surface area contributed by atoms with E-state index in [-0.39, 0.29) is 16.8 Å². The lowest BCUT2D eigenvalue weighted by molar-refractivity contribution is 0.0696. The maximum absolute atomic E-state index is 11.9. The minimum atomic E-state index is -1.24. The highest BCUT2D eigenvalue weighted by Crippen LogP contribution is 2.19. The Hall–Kier alpha value is -3.19. The van der Waals surface area contributed by atoms with E-state index < -0.39 is 11.9 Å². The lowest BCUT2D eigenvalue weighted by Gasteiger charge is -2.22. The van der Waals surface area contributed by atoms with E-state index in [4.69, 9.17) is 15.9 Å². The maximum Gasteiger partial charge on any atom is 0.337 e. The van der Waals surface area contributed by atoms with Crippen molar-refractivity contribution in [3.05, 3.63) is 65.2 Å². The summed E-state index contributed by atoms with van der Waals surface area (Å²) in [5.74, 6) is -1.29. The number of carboxylic acid groups (broad SMARTS) is 2. The molecule has 7 nitrogen and oxygen atoms in total. The molecule has 7 heteroatoms. The molecule has 0 unspecified atom stereocenters. The summed E-state index contributed by atoms with van der Waals surface area (Å²) in [6, 6.07) is 13.2. The number of hydrogen-bond acceptors (Lipinski definition) is 5. The van der Waals surface area contributed by atoms with Crippen LogP contribution in [0.15, 0.2) is 48.5 Å². The fraction of sp³-hybridized carbons (Fsp3) is 0.348. The predicted molar refractivity (Wildman–Crippen MR) is 115 cm³/mol. The van der Waals surface area contributed by atoms with E-state index in [0.717, 1.165) is 37.1 Å². The number of nitrogens with one attached hydrogen (secondary N) is 1. The van der Waals surface area contributed by atoms with Crippen LogP contribution in [0.4, 0.5) is 5.69 Å². The zero-order valence-electron chi connectivity index (χ0n) is 16.8. The van der Waals surface area contributed by atoms with Crippen LogP contribution in [0.1, 0.15) is 63.2 Å². The molecule has 0 bridgehead atoms. The highest BCUT2D eigenvalue weighted by atomic mass is 16.4. The summed E-state index contributed by atoms with van der Waals surface area (Å²) in [6.45, 7) is 2.30. The molecule has 0 saturated carbocycles. The normalized spacial score (nSPS) is 13.7. The second-order valence-corrected chi connectivity index (χ2v) is 7.29. The molecule has 0 spiro atoms. The number of nitrogens with two attached hydrogens (primary N) is 1. The quantitative estimate of drug-likeness (QED) is 0.403. The van der Waals surface area contributed by atoms with Gasteiger partial charge in [-0.2, -0.15) is 0 Å². The summed E-state index contributed by atoms with van der Waals surface area (Å²) < 4.78 is 0. The highest BCUT2D eigenvalue weighted by Gasteiger charge is 2.14. The van der Waals surface area contributed by atoms with E-state index in [1.165, 1.54) is 31.4 Å². The van der Waals surface area contributed by atoms with Crippen molar-refractivity contribution < 1.29 is 24.6 Å². The van der Waals surface area contributed by atoms with Crippen LogP contribution in [0.3, 0.4) is 0 Å². The van der Waals surface area contributed by atoms with Crippen LogP contribution in [-0.4, -0.2) is 41.0 Å². The van der Waals surface area contributed by atoms with E-state index in [2.05, 4.69) is 5.32 Å². The molecule has 3 rings (SSSR count). The van der Waals surface area contributed by atoms with Gasteiger partial charge in [-0.15, -0.1) is 0 Å². The molecule has 30 heavy (non-hydrogen) atoms. The molecule has 0 radical (unpaired) electrons. The molecule has 0 aromatic heterocycles. The first-order valence-corrected chi connectivity index (χ1v) is 10.0. The minimum Gasteiger partial charge on any atom is -0.478 e. The fourth-order valence-electron chi connectivity index (χ4n) is 3.36. The fourth-order valence-corrected chi connectivity index (χ4v) is 3.36. The topological polar surface area (TPSA) is 130 Å². The van der Waals surface area contributed by atoms with Crippen molar-refractivity contribution in [1.82, 2.24) is 5.32 Å². The van der Waals surface area contributed by atoms with Crippen LogP contribution in [0, 0.1) is 5.92 Å². The lowest BCUT2D eigenvalue weighted by atomic mass is 9.91. The number of carbonyl (C=O) groups excluding carboxylic acids is 1. The first-order chi connectivity index (χ1) is 14.4. The number of piperidine rings is 1. The van der Waals surface area contributed by atoms with Crippen LogP contribution >= 0.6 is 0 Å². The van der Waals surface area contributed by atoms with Gasteiger partial charge in [-0.3, -0.25) is 4.79 Å². The minimum absolute atomic E-state index is 0.0532. The molecule has 0 amide bonds. The van der Waals surface area contributed by atoms with E-state index in [9.17, 15) is 14.4 Å². The molecule has 2 aromatic rings. The number of anilines is 1. The molecule has 1 saturated heterocycles. The van der Waals surface area contributed by atoms with Gasteiger partial charge in [-0.05, 0) is 62.9 Å². The van der Waals surface area contributed by atoms with Crippen molar-refractivity contribution in [2.45, 2.75) is 32.1 Å². The second kappa shape index (κ2) is 11.7. The monoisotopic (exact) mass is 412 g/mol. The van der Waals surface area contributed by atoms with Gasteiger partial charge >= 0.3 is 11.9 Å². The zero-order valence-corrected chi connectivity index (χ0v) is 16.8. The molecule has 0 atom stereocenters. The summed E-state index contributed by atoms with van der Waals surface area (Å²) in [5.41, 5.74) is 5.94. The second-order valence-electron chi connectivity index (χ2n) is 7.29. The van der Waals surface area contributed by atoms with Crippen LogP contribution in [-0.2, 0) is 0 Å². The molecule has 2 aromatic carbocycles. The van der Waals surface area contributed by atoms with Gasteiger partial charge in [0, 0.05) is 17.7 Å². The summed E-state index contributed by atoms with van der Waals surface area (Å²) in [5, 5.41) is 20.5. The third-order valence-corrected chi connectivity index (χ3v) is 5.10. The zero-order chi connectivity index (χ0) is 21.9. The van der Waals surface area contributed by atoms with Crippen molar-refractivity contribution in [1.29, 1.82) is 0 Å². The van der Waals surface area contributed by atoms with Gasteiger partial charge in [0.1, 0.15) is 0 Å². The molecule has 160 valence electrons. The van der Waals surface area contributed by atoms with Gasteiger partial charge in [0.15, 0.2) is 5.78 Å². The third-order valence-electron chi connectivity index (χ3n) is 5.10. The summed E-state index contributed by atoms with van der Waals surface area (Å²) in [7, 11) is 0. The number of carboxylic acids is 2. The number of Topliss-reactive ketones (excluding diaryl/α,β-unsaturated/α-hetero) is 1. The first-order valence-electron chi connectivity index (χ1n) is 10.0. The van der Waals surface area contributed by atoms with E-state index in [1.54, 1.807) is 0 Å². The number of nitrogen functional groups attached to an aromatic ring is 1. The SMILES string of the molecule is Nc1ccc(C(=O)O)cc1C(=O)O.O=C(CCCC1CCNCC1)c1ccccc1. The smallest absolute Gasteiger partial charge is 0.337 e. The van der Waals surface area contributed by atoms with Crippen molar-refractivity contribution >= 4 is 23.4 Å². The van der Waals surface area contributed by atoms with Crippen molar-refractivity contribution in [3.63, 3.8) is 0 Å². The van der Waals surface area contributed by atoms with Gasteiger partial charge in [0.25, 0.3) is 0 Å². The van der Waals surface area contributed by atoms with Gasteiger partial charge in [-0.25, -0.2) is 9.59 Å². The maximum atomic E-state index is 11.9. The molecular formula is C23H28N2O5. The molecule has 1 aliphatic rings. The summed E-state index contributed by atoms with van der Waals surface area (Å²) in [4.78, 5) is 32.9. The van der Waals surface area contributed by atoms with Crippen LogP contribution in [0.25, 0.3) is 0 Å². The Bertz CT molecular complexity index is 861. The highest BCUT2D eigenvalue weighted by molar-refractivity contribution is 5.97. The predicted octanol–water partition coefficient (Wildman–Crippen LogP) is 3.70. The number of carbonyl (C=O) groups is 3. The van der Waals surface area contributed by atoms with Gasteiger partial charge in [0.05, 0.1) is 11.1 Å². The Labute approximate surface area is 175 Å². The van der Waals surface area contributed by atoms with E-state index in [1.807, 2.05) is 30.3 Å². The Kier molecular flexibility index (Phi) is 9.03. The number of aromatic carboxylic acids is 2. The number of ketones is 1. The van der Waals surface area contributed by atoms with E-state index in [0.29, 0.717) is 12.2 Å². The standard InChI is InChI=1S/C15H21NO.C8H7NO4/c17-15(14-6-2-1-3-7-14)8-4-5-13-9-11-16-12-10-13;9-6-2-1-4(7(10)11)3-5(6)8(12)13/h1-3,6-7,13,16H,4-5,8-12H2;1-3H,9H2,(H,10,11)(H,12,13). The molecule has 1 heterocycles. The molecule has 1 fully saturated rings.